The average Bonchev–Trinajstić information content (AvgIpc) is 2.16. The van der Waals surface area contributed by atoms with E-state index in [0.717, 1.165) is 30.4 Å². The number of aryl methyl sites for hydroxylation is 1. The smallest absolute Gasteiger partial charge is 0.133 e. The zero-order valence-electron chi connectivity index (χ0n) is 10.9. The maximum Gasteiger partial charge on any atom is 0.133 e. The molecule has 0 saturated carbocycles. The summed E-state index contributed by atoms with van der Waals surface area (Å²) in [4.78, 5) is 11.0. The fraction of sp³-hybridized carbons (Fsp3) is 0.667. The van der Waals surface area contributed by atoms with E-state index in [4.69, 9.17) is 0 Å². The van der Waals surface area contributed by atoms with E-state index in [1.165, 1.54) is 0 Å². The Labute approximate surface area is 98.1 Å². The summed E-state index contributed by atoms with van der Waals surface area (Å²) >= 11 is 0. The Morgan fingerprint density at radius 3 is 2.56 bits per heavy atom. The van der Waals surface area contributed by atoms with Crippen molar-refractivity contribution in [1.29, 1.82) is 0 Å². The summed E-state index contributed by atoms with van der Waals surface area (Å²) < 4.78 is 0. The van der Waals surface area contributed by atoms with E-state index >= 15 is 0 Å². The van der Waals surface area contributed by atoms with Crippen molar-refractivity contribution in [2.45, 2.75) is 26.7 Å². The summed E-state index contributed by atoms with van der Waals surface area (Å²) in [7, 11) is 4.12. The molecular formula is C12H22N4. The molecule has 0 aliphatic heterocycles. The second kappa shape index (κ2) is 5.80. The quantitative estimate of drug-likeness (QED) is 0.826. The van der Waals surface area contributed by atoms with Crippen molar-refractivity contribution < 1.29 is 0 Å². The van der Waals surface area contributed by atoms with Crippen LogP contribution in [0.5, 0.6) is 0 Å². The monoisotopic (exact) mass is 222 g/mol. The molecule has 90 valence electrons. The molecule has 0 aliphatic carbocycles. The highest BCUT2D eigenvalue weighted by Crippen LogP contribution is 2.13. The first-order valence-corrected chi connectivity index (χ1v) is 5.73. The van der Waals surface area contributed by atoms with Crippen LogP contribution < -0.4 is 5.32 Å². The van der Waals surface area contributed by atoms with Crippen molar-refractivity contribution in [2.24, 2.45) is 0 Å². The van der Waals surface area contributed by atoms with E-state index in [0.29, 0.717) is 5.92 Å². The molecule has 0 bridgehead atoms. The van der Waals surface area contributed by atoms with Gasteiger partial charge in [-0.2, -0.15) is 0 Å². The first-order chi connectivity index (χ1) is 7.49. The number of nitrogens with zero attached hydrogens (tertiary/aromatic N) is 3. The van der Waals surface area contributed by atoms with Crippen LogP contribution in [-0.2, 0) is 0 Å². The second-order valence-corrected chi connectivity index (χ2v) is 4.64. The fourth-order valence-electron chi connectivity index (χ4n) is 1.35. The Hall–Kier alpha value is -1.16. The number of hydrogen-bond acceptors (Lipinski definition) is 4. The first kappa shape index (κ1) is 12.9. The molecule has 0 spiro atoms. The summed E-state index contributed by atoms with van der Waals surface area (Å²) in [5, 5.41) is 3.32. The molecule has 0 saturated heterocycles. The van der Waals surface area contributed by atoms with Gasteiger partial charge in [0, 0.05) is 30.8 Å². The minimum Gasteiger partial charge on any atom is -0.369 e. The van der Waals surface area contributed by atoms with Crippen LogP contribution in [0.2, 0.25) is 0 Å². The molecule has 4 nitrogen and oxygen atoms in total. The normalized spacial score (nSPS) is 11.2. The Balaban J connectivity index is 2.65. The molecule has 0 radical (unpaired) electrons. The van der Waals surface area contributed by atoms with Crippen molar-refractivity contribution >= 4 is 5.82 Å². The highest BCUT2D eigenvalue weighted by atomic mass is 15.1. The van der Waals surface area contributed by atoms with Crippen LogP contribution in [0.4, 0.5) is 5.82 Å². The van der Waals surface area contributed by atoms with E-state index in [1.54, 1.807) is 0 Å². The molecule has 1 N–H and O–H groups in total. The van der Waals surface area contributed by atoms with Crippen LogP contribution in [-0.4, -0.2) is 42.1 Å². The third-order valence-electron chi connectivity index (χ3n) is 2.25. The van der Waals surface area contributed by atoms with Gasteiger partial charge in [0.2, 0.25) is 0 Å². The van der Waals surface area contributed by atoms with Crippen molar-refractivity contribution in [3.8, 4) is 0 Å². The van der Waals surface area contributed by atoms with E-state index in [9.17, 15) is 0 Å². The lowest BCUT2D eigenvalue weighted by Crippen LogP contribution is -2.21. The second-order valence-electron chi connectivity index (χ2n) is 4.64. The minimum atomic E-state index is 0.370. The van der Waals surface area contributed by atoms with Crippen molar-refractivity contribution in [3.05, 3.63) is 17.6 Å². The summed E-state index contributed by atoms with van der Waals surface area (Å²) in [6, 6.07) is 1.99. The lowest BCUT2D eigenvalue weighted by Gasteiger charge is -2.12. The van der Waals surface area contributed by atoms with Gasteiger partial charge in [-0.1, -0.05) is 13.8 Å². The predicted octanol–water partition coefficient (Wildman–Crippen LogP) is 1.88. The number of aromatic nitrogens is 2. The van der Waals surface area contributed by atoms with Crippen molar-refractivity contribution in [1.82, 2.24) is 14.9 Å². The van der Waals surface area contributed by atoms with Gasteiger partial charge in [-0.15, -0.1) is 0 Å². The summed E-state index contributed by atoms with van der Waals surface area (Å²) in [6.07, 6.45) is 0. The van der Waals surface area contributed by atoms with Crippen LogP contribution in [0, 0.1) is 6.92 Å². The van der Waals surface area contributed by atoms with Gasteiger partial charge in [0.15, 0.2) is 0 Å². The molecule has 0 aliphatic rings. The molecule has 0 atom stereocenters. The fourth-order valence-corrected chi connectivity index (χ4v) is 1.35. The number of anilines is 1. The first-order valence-electron chi connectivity index (χ1n) is 5.73. The highest BCUT2D eigenvalue weighted by molar-refractivity contribution is 5.36. The Morgan fingerprint density at radius 2 is 2.00 bits per heavy atom. The van der Waals surface area contributed by atoms with Crippen molar-refractivity contribution in [3.63, 3.8) is 0 Å². The van der Waals surface area contributed by atoms with Crippen LogP contribution >= 0.6 is 0 Å². The van der Waals surface area contributed by atoms with Gasteiger partial charge in [0.25, 0.3) is 0 Å². The third kappa shape index (κ3) is 4.14. The zero-order valence-corrected chi connectivity index (χ0v) is 10.9. The molecule has 16 heavy (non-hydrogen) atoms. The SMILES string of the molecule is Cc1cc(NCCN(C)C)nc(C(C)C)n1. The molecule has 1 rings (SSSR count). The summed E-state index contributed by atoms with van der Waals surface area (Å²) in [6.45, 7) is 8.13. The van der Waals surface area contributed by atoms with Crippen LogP contribution in [0.3, 0.4) is 0 Å². The average molecular weight is 222 g/mol. The van der Waals surface area contributed by atoms with Crippen molar-refractivity contribution in [2.75, 3.05) is 32.5 Å². The van der Waals surface area contributed by atoms with Gasteiger partial charge < -0.3 is 10.2 Å². The largest absolute Gasteiger partial charge is 0.369 e. The van der Waals surface area contributed by atoms with Gasteiger partial charge in [0.1, 0.15) is 11.6 Å². The number of rotatable bonds is 5. The molecule has 4 heteroatoms. The van der Waals surface area contributed by atoms with Crippen LogP contribution in [0.1, 0.15) is 31.3 Å². The van der Waals surface area contributed by atoms with Gasteiger partial charge in [-0.25, -0.2) is 9.97 Å². The van der Waals surface area contributed by atoms with E-state index in [2.05, 4.69) is 48.1 Å². The lowest BCUT2D eigenvalue weighted by molar-refractivity contribution is 0.425. The molecule has 1 aromatic heterocycles. The topological polar surface area (TPSA) is 41.0 Å². The van der Waals surface area contributed by atoms with E-state index in [1.807, 2.05) is 13.0 Å². The molecule has 1 aromatic rings. The van der Waals surface area contributed by atoms with Gasteiger partial charge >= 0.3 is 0 Å². The molecular weight excluding hydrogens is 200 g/mol. The van der Waals surface area contributed by atoms with E-state index < -0.39 is 0 Å². The number of likely N-dealkylation sites (N-methyl/N-ethyl adjacent to an activating group) is 1. The summed E-state index contributed by atoms with van der Waals surface area (Å²) in [5.41, 5.74) is 1.02. The predicted molar refractivity (Wildman–Crippen MR) is 67.9 cm³/mol. The maximum atomic E-state index is 4.49. The van der Waals surface area contributed by atoms with Gasteiger partial charge in [0.05, 0.1) is 0 Å². The minimum absolute atomic E-state index is 0.370. The van der Waals surface area contributed by atoms with Crippen LogP contribution in [0.15, 0.2) is 6.07 Å². The molecule has 0 fully saturated rings. The zero-order chi connectivity index (χ0) is 12.1. The highest BCUT2D eigenvalue weighted by Gasteiger charge is 2.05. The Kier molecular flexibility index (Phi) is 4.68. The molecule has 0 unspecified atom stereocenters. The summed E-state index contributed by atoms with van der Waals surface area (Å²) in [5.74, 6) is 2.21. The van der Waals surface area contributed by atoms with Gasteiger partial charge in [-0.05, 0) is 21.0 Å². The van der Waals surface area contributed by atoms with Crippen LogP contribution in [0.25, 0.3) is 0 Å². The number of hydrogen-bond donors (Lipinski definition) is 1. The Morgan fingerprint density at radius 1 is 1.31 bits per heavy atom. The maximum absolute atomic E-state index is 4.49. The third-order valence-corrected chi connectivity index (χ3v) is 2.25. The Bertz CT molecular complexity index is 334. The molecule has 0 amide bonds. The number of nitrogens with one attached hydrogen (secondary N) is 1. The van der Waals surface area contributed by atoms with E-state index in [-0.39, 0.29) is 0 Å². The van der Waals surface area contributed by atoms with Gasteiger partial charge in [-0.3, -0.25) is 0 Å². The lowest BCUT2D eigenvalue weighted by atomic mass is 10.2. The molecule has 1 heterocycles. The molecule has 0 aromatic carbocycles. The standard InChI is InChI=1S/C12H22N4/c1-9(2)12-14-10(3)8-11(15-12)13-6-7-16(4)5/h8-9H,6-7H2,1-5H3,(H,13,14,15).